The summed E-state index contributed by atoms with van der Waals surface area (Å²) >= 11 is 3.27. The quantitative estimate of drug-likeness (QED) is 0.734. The normalized spacial score (nSPS) is 10.7. The second-order valence-electron chi connectivity index (χ2n) is 4.19. The number of nitrogens with zero attached hydrogens (tertiary/aromatic N) is 1. The van der Waals surface area contributed by atoms with E-state index in [1.807, 2.05) is 42.7 Å². The van der Waals surface area contributed by atoms with E-state index < -0.39 is 0 Å². The average molecular weight is 300 g/mol. The monoisotopic (exact) mass is 300 g/mol. The van der Waals surface area contributed by atoms with Crippen molar-refractivity contribution in [3.8, 4) is 0 Å². The van der Waals surface area contributed by atoms with E-state index >= 15 is 0 Å². The van der Waals surface area contributed by atoms with Crippen LogP contribution in [0, 0.1) is 0 Å². The van der Waals surface area contributed by atoms with Gasteiger partial charge in [0.15, 0.2) is 4.34 Å². The third-order valence-electron chi connectivity index (χ3n) is 2.84. The lowest BCUT2D eigenvalue weighted by molar-refractivity contribution is 0.102. The third-order valence-corrected chi connectivity index (χ3v) is 4.84. The van der Waals surface area contributed by atoms with E-state index in [1.165, 1.54) is 0 Å². The molecule has 1 aromatic heterocycles. The average Bonchev–Trinajstić information content (AvgIpc) is 2.90. The Hall–Kier alpha value is -1.85. The van der Waals surface area contributed by atoms with Crippen LogP contribution in [-0.2, 0) is 0 Å². The van der Waals surface area contributed by atoms with E-state index in [4.69, 9.17) is 0 Å². The van der Waals surface area contributed by atoms with Crippen LogP contribution in [0.15, 0.2) is 52.9 Å². The van der Waals surface area contributed by atoms with Gasteiger partial charge in [-0.1, -0.05) is 30.0 Å². The smallest absolute Gasteiger partial charge is 0.255 e. The summed E-state index contributed by atoms with van der Waals surface area (Å²) in [5.74, 6) is -0.0976. The van der Waals surface area contributed by atoms with E-state index in [1.54, 1.807) is 35.2 Å². The largest absolute Gasteiger partial charge is 0.322 e. The van der Waals surface area contributed by atoms with E-state index in [9.17, 15) is 4.79 Å². The molecular formula is C15H12N2OS2. The molecule has 0 radical (unpaired) electrons. The summed E-state index contributed by atoms with van der Waals surface area (Å²) in [6.45, 7) is 0. The maximum atomic E-state index is 12.1. The maximum absolute atomic E-state index is 12.1. The molecule has 0 atom stereocenters. The first-order valence-corrected chi connectivity index (χ1v) is 8.11. The molecule has 100 valence electrons. The molecule has 0 aliphatic rings. The summed E-state index contributed by atoms with van der Waals surface area (Å²) in [5.41, 5.74) is 2.42. The molecular weight excluding hydrogens is 288 g/mol. The number of thiazole rings is 1. The van der Waals surface area contributed by atoms with Gasteiger partial charge in [0.05, 0.1) is 10.2 Å². The van der Waals surface area contributed by atoms with E-state index in [0.717, 1.165) is 20.2 Å². The number of amides is 1. The first-order chi connectivity index (χ1) is 9.76. The zero-order valence-electron chi connectivity index (χ0n) is 10.8. The van der Waals surface area contributed by atoms with Crippen molar-refractivity contribution < 1.29 is 4.79 Å². The number of aromatic nitrogens is 1. The second-order valence-corrected chi connectivity index (χ2v) is 6.27. The Bertz CT molecular complexity index is 753. The minimum Gasteiger partial charge on any atom is -0.322 e. The van der Waals surface area contributed by atoms with Gasteiger partial charge in [-0.05, 0) is 36.6 Å². The molecule has 0 aliphatic heterocycles. The molecule has 0 saturated carbocycles. The molecule has 0 fully saturated rings. The number of fused-ring (bicyclic) bond motifs is 1. The molecule has 2 aromatic carbocycles. The Balaban J connectivity index is 1.85. The molecule has 5 heteroatoms. The Labute approximate surface area is 125 Å². The van der Waals surface area contributed by atoms with Gasteiger partial charge in [0.25, 0.3) is 5.91 Å². The van der Waals surface area contributed by atoms with Gasteiger partial charge in [-0.3, -0.25) is 4.79 Å². The maximum Gasteiger partial charge on any atom is 0.255 e. The molecule has 1 heterocycles. The van der Waals surface area contributed by atoms with Gasteiger partial charge < -0.3 is 5.32 Å². The minimum atomic E-state index is -0.0976. The molecule has 20 heavy (non-hydrogen) atoms. The van der Waals surface area contributed by atoms with Crippen LogP contribution >= 0.6 is 23.1 Å². The van der Waals surface area contributed by atoms with Gasteiger partial charge in [0.1, 0.15) is 0 Å². The topological polar surface area (TPSA) is 42.0 Å². The standard InChI is InChI=1S/C15H12N2OS2/c1-19-15-17-12-8-7-11(9-13(12)20-15)16-14(18)10-5-3-2-4-6-10/h2-9H,1H3,(H,16,18). The highest BCUT2D eigenvalue weighted by atomic mass is 32.2. The zero-order valence-corrected chi connectivity index (χ0v) is 12.4. The highest BCUT2D eigenvalue weighted by molar-refractivity contribution is 8.00. The van der Waals surface area contributed by atoms with Crippen molar-refractivity contribution in [1.29, 1.82) is 0 Å². The lowest BCUT2D eigenvalue weighted by atomic mass is 10.2. The summed E-state index contributed by atoms with van der Waals surface area (Å²) in [4.78, 5) is 16.6. The highest BCUT2D eigenvalue weighted by Crippen LogP contribution is 2.30. The number of nitrogens with one attached hydrogen (secondary N) is 1. The van der Waals surface area contributed by atoms with Crippen molar-refractivity contribution in [2.45, 2.75) is 4.34 Å². The summed E-state index contributed by atoms with van der Waals surface area (Å²) in [6.07, 6.45) is 2.01. The number of rotatable bonds is 3. The van der Waals surface area contributed by atoms with Crippen LogP contribution in [0.5, 0.6) is 0 Å². The fourth-order valence-electron chi connectivity index (χ4n) is 1.86. The van der Waals surface area contributed by atoms with Crippen molar-refractivity contribution in [1.82, 2.24) is 4.98 Å². The van der Waals surface area contributed by atoms with Crippen LogP contribution in [0.4, 0.5) is 5.69 Å². The zero-order chi connectivity index (χ0) is 13.9. The lowest BCUT2D eigenvalue weighted by Crippen LogP contribution is -2.11. The van der Waals surface area contributed by atoms with Crippen LogP contribution in [0.3, 0.4) is 0 Å². The summed E-state index contributed by atoms with van der Waals surface area (Å²) in [6, 6.07) is 15.0. The van der Waals surface area contributed by atoms with Crippen molar-refractivity contribution in [3.63, 3.8) is 0 Å². The van der Waals surface area contributed by atoms with Gasteiger partial charge >= 0.3 is 0 Å². The number of anilines is 1. The summed E-state index contributed by atoms with van der Waals surface area (Å²) in [5, 5.41) is 2.91. The number of carbonyl (C=O) groups is 1. The number of thioether (sulfide) groups is 1. The second kappa shape index (κ2) is 5.64. The van der Waals surface area contributed by atoms with Crippen LogP contribution in [0.2, 0.25) is 0 Å². The van der Waals surface area contributed by atoms with Gasteiger partial charge in [0, 0.05) is 11.3 Å². The highest BCUT2D eigenvalue weighted by Gasteiger charge is 2.07. The molecule has 0 aliphatic carbocycles. The summed E-state index contributed by atoms with van der Waals surface area (Å²) in [7, 11) is 0. The molecule has 0 spiro atoms. The van der Waals surface area contributed by atoms with Crippen molar-refractivity contribution >= 4 is 44.9 Å². The number of hydrogen-bond acceptors (Lipinski definition) is 4. The molecule has 0 bridgehead atoms. The Morgan fingerprint density at radius 2 is 2.00 bits per heavy atom. The Morgan fingerprint density at radius 3 is 2.75 bits per heavy atom. The van der Waals surface area contributed by atoms with Crippen molar-refractivity contribution in [2.75, 3.05) is 11.6 Å². The van der Waals surface area contributed by atoms with E-state index in [2.05, 4.69) is 10.3 Å². The number of hydrogen-bond donors (Lipinski definition) is 1. The fraction of sp³-hybridized carbons (Fsp3) is 0.0667. The van der Waals surface area contributed by atoms with Crippen LogP contribution in [-0.4, -0.2) is 17.1 Å². The molecule has 3 rings (SSSR count). The van der Waals surface area contributed by atoms with Gasteiger partial charge in [-0.25, -0.2) is 4.98 Å². The lowest BCUT2D eigenvalue weighted by Gasteiger charge is -2.04. The minimum absolute atomic E-state index is 0.0976. The molecule has 0 saturated heterocycles. The first-order valence-electron chi connectivity index (χ1n) is 6.07. The van der Waals surface area contributed by atoms with Crippen LogP contribution < -0.4 is 5.32 Å². The number of benzene rings is 2. The van der Waals surface area contributed by atoms with Crippen LogP contribution in [0.1, 0.15) is 10.4 Å². The molecule has 0 unspecified atom stereocenters. The number of carbonyl (C=O) groups excluding carboxylic acids is 1. The van der Waals surface area contributed by atoms with E-state index in [0.29, 0.717) is 5.56 Å². The Kier molecular flexibility index (Phi) is 3.71. The molecule has 3 aromatic rings. The molecule has 1 amide bonds. The van der Waals surface area contributed by atoms with Gasteiger partial charge in [-0.2, -0.15) is 0 Å². The van der Waals surface area contributed by atoms with Crippen LogP contribution in [0.25, 0.3) is 10.2 Å². The molecule has 3 nitrogen and oxygen atoms in total. The predicted octanol–water partition coefficient (Wildman–Crippen LogP) is 4.27. The third kappa shape index (κ3) is 2.69. The molecule has 1 N–H and O–H groups in total. The Morgan fingerprint density at radius 1 is 1.20 bits per heavy atom. The predicted molar refractivity (Wildman–Crippen MR) is 85.8 cm³/mol. The SMILES string of the molecule is CSc1nc2ccc(NC(=O)c3ccccc3)cc2s1. The van der Waals surface area contributed by atoms with Crippen molar-refractivity contribution in [2.24, 2.45) is 0 Å². The first kappa shape index (κ1) is 13.1. The summed E-state index contributed by atoms with van der Waals surface area (Å²) < 4.78 is 2.12. The van der Waals surface area contributed by atoms with E-state index in [-0.39, 0.29) is 5.91 Å². The van der Waals surface area contributed by atoms with Crippen molar-refractivity contribution in [3.05, 3.63) is 54.1 Å². The van der Waals surface area contributed by atoms with Gasteiger partial charge in [-0.15, -0.1) is 11.3 Å². The van der Waals surface area contributed by atoms with Gasteiger partial charge in [0.2, 0.25) is 0 Å². The fourth-order valence-corrected chi connectivity index (χ4v) is 3.39.